The summed E-state index contributed by atoms with van der Waals surface area (Å²) in [7, 11) is -3.16. The topological polar surface area (TPSA) is 79.5 Å². The van der Waals surface area contributed by atoms with Crippen LogP contribution in [0.25, 0.3) is 10.8 Å². The SMILES string of the molecule is CCc1c[nH]c(=O)c2ccc(OC3CCN(Cc4ccc(S(C)(=O)=O)cc4)CC3)cc12. The van der Waals surface area contributed by atoms with Gasteiger partial charge in [0.15, 0.2) is 9.84 Å². The van der Waals surface area contributed by atoms with E-state index < -0.39 is 9.84 Å². The number of rotatable bonds is 6. The summed E-state index contributed by atoms with van der Waals surface area (Å²) in [6.07, 6.45) is 5.86. The molecule has 0 radical (unpaired) electrons. The highest BCUT2D eigenvalue weighted by atomic mass is 32.2. The third-order valence-electron chi connectivity index (χ3n) is 5.94. The van der Waals surface area contributed by atoms with E-state index in [1.807, 2.05) is 30.3 Å². The van der Waals surface area contributed by atoms with Crippen molar-refractivity contribution < 1.29 is 13.2 Å². The number of hydrogen-bond acceptors (Lipinski definition) is 5. The Balaban J connectivity index is 1.36. The van der Waals surface area contributed by atoms with Crippen LogP contribution in [0.3, 0.4) is 0 Å². The Morgan fingerprint density at radius 3 is 2.42 bits per heavy atom. The van der Waals surface area contributed by atoms with E-state index in [-0.39, 0.29) is 11.7 Å². The zero-order valence-corrected chi connectivity index (χ0v) is 18.7. The molecule has 1 aliphatic rings. The Kier molecular flexibility index (Phi) is 6.16. The smallest absolute Gasteiger partial charge is 0.255 e. The number of benzene rings is 2. The molecule has 1 N–H and O–H groups in total. The molecule has 2 heterocycles. The van der Waals surface area contributed by atoms with Crippen LogP contribution in [-0.2, 0) is 22.8 Å². The predicted molar refractivity (Wildman–Crippen MR) is 122 cm³/mol. The summed E-state index contributed by atoms with van der Waals surface area (Å²) in [5.74, 6) is 0.808. The van der Waals surface area contributed by atoms with E-state index in [0.717, 1.165) is 61.2 Å². The van der Waals surface area contributed by atoms with Gasteiger partial charge >= 0.3 is 0 Å². The van der Waals surface area contributed by atoms with Crippen molar-refractivity contribution in [1.29, 1.82) is 0 Å². The van der Waals surface area contributed by atoms with Crippen LogP contribution in [-0.4, -0.2) is 43.8 Å². The fourth-order valence-electron chi connectivity index (χ4n) is 4.14. The Bertz CT molecular complexity index is 1220. The van der Waals surface area contributed by atoms with E-state index in [1.54, 1.807) is 18.3 Å². The molecule has 0 spiro atoms. The lowest BCUT2D eigenvalue weighted by atomic mass is 10.0. The van der Waals surface area contributed by atoms with Crippen LogP contribution < -0.4 is 10.3 Å². The number of pyridine rings is 1. The molecule has 2 aromatic carbocycles. The van der Waals surface area contributed by atoms with Crippen LogP contribution in [0.4, 0.5) is 0 Å². The summed E-state index contributed by atoms with van der Waals surface area (Å²) < 4.78 is 29.5. The average molecular weight is 441 g/mol. The molecular weight excluding hydrogens is 412 g/mol. The fourth-order valence-corrected chi connectivity index (χ4v) is 4.77. The first-order chi connectivity index (χ1) is 14.8. The highest BCUT2D eigenvalue weighted by Crippen LogP contribution is 2.25. The monoisotopic (exact) mass is 440 g/mol. The van der Waals surface area contributed by atoms with Gasteiger partial charge in [-0.15, -0.1) is 0 Å². The van der Waals surface area contributed by atoms with Gasteiger partial charge in [0.1, 0.15) is 11.9 Å². The minimum Gasteiger partial charge on any atom is -0.490 e. The molecule has 0 amide bonds. The quantitative estimate of drug-likeness (QED) is 0.634. The van der Waals surface area contributed by atoms with E-state index in [1.165, 1.54) is 6.26 Å². The molecule has 31 heavy (non-hydrogen) atoms. The summed E-state index contributed by atoms with van der Waals surface area (Å²) >= 11 is 0. The summed E-state index contributed by atoms with van der Waals surface area (Å²) in [6, 6.07) is 12.8. The summed E-state index contributed by atoms with van der Waals surface area (Å²) in [6.45, 7) is 4.72. The van der Waals surface area contributed by atoms with E-state index in [4.69, 9.17) is 4.74 Å². The number of aromatic nitrogens is 1. The zero-order valence-electron chi connectivity index (χ0n) is 17.9. The molecule has 0 aliphatic carbocycles. The number of aromatic amines is 1. The standard InChI is InChI=1S/C24H28N2O4S/c1-3-18-15-25-24(27)22-9-6-20(14-23(18)22)30-19-10-12-26(13-11-19)16-17-4-7-21(8-5-17)31(2,28)29/h4-9,14-15,19H,3,10-13,16H2,1-2H3,(H,25,27). The Labute approximate surface area is 182 Å². The molecule has 0 bridgehead atoms. The van der Waals surface area contributed by atoms with Crippen molar-refractivity contribution in [3.8, 4) is 5.75 Å². The lowest BCUT2D eigenvalue weighted by Crippen LogP contribution is -2.37. The van der Waals surface area contributed by atoms with Gasteiger partial charge in [-0.3, -0.25) is 9.69 Å². The predicted octanol–water partition coefficient (Wildman–Crippen LogP) is 3.54. The van der Waals surface area contributed by atoms with Crippen LogP contribution in [0.1, 0.15) is 30.9 Å². The van der Waals surface area contributed by atoms with Gasteiger partial charge in [0.25, 0.3) is 5.56 Å². The van der Waals surface area contributed by atoms with Gasteiger partial charge in [-0.2, -0.15) is 0 Å². The molecule has 7 heteroatoms. The second kappa shape index (κ2) is 8.85. The molecular formula is C24H28N2O4S. The van der Waals surface area contributed by atoms with Crippen molar-refractivity contribution in [3.05, 3.63) is 70.1 Å². The molecule has 1 aliphatic heterocycles. The number of fused-ring (bicyclic) bond motifs is 1. The van der Waals surface area contributed by atoms with Gasteiger partial charge in [0.2, 0.25) is 0 Å². The minimum atomic E-state index is -3.16. The first-order valence-corrected chi connectivity index (χ1v) is 12.5. The average Bonchev–Trinajstić information content (AvgIpc) is 2.75. The van der Waals surface area contributed by atoms with Gasteiger partial charge in [-0.25, -0.2) is 8.42 Å². The third kappa shape index (κ3) is 4.99. The largest absolute Gasteiger partial charge is 0.490 e. The Morgan fingerprint density at radius 1 is 1.06 bits per heavy atom. The van der Waals surface area contributed by atoms with Gasteiger partial charge in [0.05, 0.1) is 4.90 Å². The molecule has 1 aromatic heterocycles. The van der Waals surface area contributed by atoms with Crippen LogP contribution >= 0.6 is 0 Å². The maximum Gasteiger partial charge on any atom is 0.255 e. The van der Waals surface area contributed by atoms with Crippen LogP contribution in [0.15, 0.2) is 58.4 Å². The van der Waals surface area contributed by atoms with Crippen LogP contribution in [0.2, 0.25) is 0 Å². The lowest BCUT2D eigenvalue weighted by Gasteiger charge is -2.32. The number of H-pyrrole nitrogens is 1. The Hall–Kier alpha value is -2.64. The zero-order chi connectivity index (χ0) is 22.0. The second-order valence-corrected chi connectivity index (χ2v) is 10.2. The lowest BCUT2D eigenvalue weighted by molar-refractivity contribution is 0.0969. The minimum absolute atomic E-state index is 0.0726. The molecule has 0 atom stereocenters. The van der Waals surface area contributed by atoms with Crippen molar-refractivity contribution in [2.45, 2.75) is 43.7 Å². The molecule has 3 aromatic rings. The summed E-state index contributed by atoms with van der Waals surface area (Å²) in [5, 5.41) is 1.65. The second-order valence-electron chi connectivity index (χ2n) is 8.21. The van der Waals surface area contributed by atoms with Crippen LogP contribution in [0.5, 0.6) is 5.75 Å². The molecule has 4 rings (SSSR count). The van der Waals surface area contributed by atoms with Crippen LogP contribution in [0, 0.1) is 0 Å². The van der Waals surface area contributed by atoms with E-state index in [0.29, 0.717) is 10.3 Å². The van der Waals surface area contributed by atoms with Crippen molar-refractivity contribution in [2.75, 3.05) is 19.3 Å². The van der Waals surface area contributed by atoms with Crippen molar-refractivity contribution in [1.82, 2.24) is 9.88 Å². The molecule has 164 valence electrons. The normalized spacial score (nSPS) is 15.9. The van der Waals surface area contributed by atoms with Crippen molar-refractivity contribution >= 4 is 20.6 Å². The number of ether oxygens (including phenoxy) is 1. The maximum absolute atomic E-state index is 12.1. The highest BCUT2D eigenvalue weighted by Gasteiger charge is 2.21. The molecule has 6 nitrogen and oxygen atoms in total. The van der Waals surface area contributed by atoms with Crippen molar-refractivity contribution in [3.63, 3.8) is 0 Å². The molecule has 0 saturated carbocycles. The first-order valence-electron chi connectivity index (χ1n) is 10.7. The first kappa shape index (κ1) is 21.6. The van der Waals surface area contributed by atoms with Gasteiger partial charge in [0, 0.05) is 37.5 Å². The maximum atomic E-state index is 12.1. The van der Waals surface area contributed by atoms with E-state index in [9.17, 15) is 13.2 Å². The number of aryl methyl sites for hydroxylation is 1. The number of nitrogens with zero attached hydrogens (tertiary/aromatic N) is 1. The number of likely N-dealkylation sites (tertiary alicyclic amines) is 1. The number of nitrogens with one attached hydrogen (secondary N) is 1. The molecule has 0 unspecified atom stereocenters. The molecule has 1 fully saturated rings. The fraction of sp³-hybridized carbons (Fsp3) is 0.375. The number of sulfone groups is 1. The van der Waals surface area contributed by atoms with Gasteiger partial charge in [-0.05, 0) is 66.1 Å². The molecule has 1 saturated heterocycles. The van der Waals surface area contributed by atoms with Gasteiger partial charge < -0.3 is 9.72 Å². The highest BCUT2D eigenvalue weighted by molar-refractivity contribution is 7.90. The summed E-state index contributed by atoms with van der Waals surface area (Å²) in [5.41, 5.74) is 2.15. The summed E-state index contributed by atoms with van der Waals surface area (Å²) in [4.78, 5) is 17.6. The third-order valence-corrected chi connectivity index (χ3v) is 7.06. The number of hydrogen-bond donors (Lipinski definition) is 1. The van der Waals surface area contributed by atoms with Gasteiger partial charge in [-0.1, -0.05) is 19.1 Å². The Morgan fingerprint density at radius 2 is 1.77 bits per heavy atom. The van der Waals surface area contributed by atoms with E-state index in [2.05, 4.69) is 16.8 Å². The van der Waals surface area contributed by atoms with E-state index >= 15 is 0 Å². The number of piperidine rings is 1. The van der Waals surface area contributed by atoms with Crippen molar-refractivity contribution in [2.24, 2.45) is 0 Å².